The molecule has 0 amide bonds. The number of imidazole rings is 1. The summed E-state index contributed by atoms with van der Waals surface area (Å²) in [5.41, 5.74) is 1.13. The van der Waals surface area contributed by atoms with Gasteiger partial charge in [0.1, 0.15) is 5.82 Å². The lowest BCUT2D eigenvalue weighted by Crippen LogP contribution is -2.28. The van der Waals surface area contributed by atoms with Crippen LogP contribution in [0.5, 0.6) is 0 Å². The van der Waals surface area contributed by atoms with E-state index in [1.807, 2.05) is 30.7 Å². The van der Waals surface area contributed by atoms with Gasteiger partial charge in [-0.25, -0.2) is 4.98 Å². The lowest BCUT2D eigenvalue weighted by molar-refractivity contribution is 0.108. The number of aromatic amines is 1. The molecule has 2 aromatic heterocycles. The number of methoxy groups -OCH3 is 1. The van der Waals surface area contributed by atoms with Crippen LogP contribution in [0.3, 0.4) is 0 Å². The number of hydrogen-bond acceptors (Lipinski definition) is 4. The van der Waals surface area contributed by atoms with E-state index in [2.05, 4.69) is 25.9 Å². The maximum absolute atomic E-state index is 5.52. The second kappa shape index (κ2) is 6.15. The van der Waals surface area contributed by atoms with Crippen molar-refractivity contribution in [3.05, 3.63) is 48.3 Å². The zero-order valence-electron chi connectivity index (χ0n) is 11.7. The molecule has 5 nitrogen and oxygen atoms in total. The van der Waals surface area contributed by atoms with Gasteiger partial charge in [-0.1, -0.05) is 6.07 Å². The average molecular weight is 272 g/mol. The molecular formula is C15H20N4O. The van der Waals surface area contributed by atoms with E-state index in [1.165, 1.54) is 0 Å². The van der Waals surface area contributed by atoms with Gasteiger partial charge in [-0.15, -0.1) is 0 Å². The largest absolute Gasteiger partial charge is 0.380 e. The fraction of sp³-hybridized carbons (Fsp3) is 0.467. The molecule has 0 radical (unpaired) electrons. The van der Waals surface area contributed by atoms with Crippen LogP contribution in [0.2, 0.25) is 0 Å². The predicted molar refractivity (Wildman–Crippen MR) is 76.3 cm³/mol. The molecule has 1 aliphatic heterocycles. The number of H-pyrrole nitrogens is 1. The van der Waals surface area contributed by atoms with Gasteiger partial charge in [0, 0.05) is 50.9 Å². The Hall–Kier alpha value is -1.72. The summed E-state index contributed by atoms with van der Waals surface area (Å²) in [4.78, 5) is 14.4. The Bertz CT molecular complexity index is 514. The standard InChI is InChI=1S/C15H20N4O/c1-20-13-10-14(15-17-7-8-18-15)19(11-13)9-5-12-4-2-3-6-16-12/h2-4,6-8,13-14H,5,9-11H2,1H3,(H,17,18)/t13-,14+/m1/s1. The molecule has 3 heterocycles. The number of pyridine rings is 1. The van der Waals surface area contributed by atoms with Gasteiger partial charge in [0.2, 0.25) is 0 Å². The molecule has 1 fully saturated rings. The summed E-state index contributed by atoms with van der Waals surface area (Å²) in [5.74, 6) is 1.03. The van der Waals surface area contributed by atoms with Gasteiger partial charge in [-0.05, 0) is 18.6 Å². The highest BCUT2D eigenvalue weighted by molar-refractivity contribution is 5.06. The second-order valence-electron chi connectivity index (χ2n) is 5.15. The van der Waals surface area contributed by atoms with Crippen LogP contribution < -0.4 is 0 Å². The normalized spacial score (nSPS) is 23.2. The third kappa shape index (κ3) is 2.89. The van der Waals surface area contributed by atoms with Gasteiger partial charge in [0.25, 0.3) is 0 Å². The number of rotatable bonds is 5. The van der Waals surface area contributed by atoms with Crippen molar-refractivity contribution in [1.82, 2.24) is 19.9 Å². The van der Waals surface area contributed by atoms with Gasteiger partial charge >= 0.3 is 0 Å². The van der Waals surface area contributed by atoms with Crippen LogP contribution in [0.15, 0.2) is 36.8 Å². The van der Waals surface area contributed by atoms with Crippen molar-refractivity contribution in [2.24, 2.45) is 0 Å². The second-order valence-corrected chi connectivity index (χ2v) is 5.15. The van der Waals surface area contributed by atoms with Gasteiger partial charge in [0.15, 0.2) is 0 Å². The molecule has 3 rings (SSSR count). The van der Waals surface area contributed by atoms with Crippen molar-refractivity contribution in [1.29, 1.82) is 0 Å². The summed E-state index contributed by atoms with van der Waals surface area (Å²) in [6.07, 6.45) is 7.77. The first-order valence-corrected chi connectivity index (χ1v) is 7.03. The molecule has 0 bridgehead atoms. The summed E-state index contributed by atoms with van der Waals surface area (Å²) in [7, 11) is 1.78. The summed E-state index contributed by atoms with van der Waals surface area (Å²) in [6.45, 7) is 1.93. The monoisotopic (exact) mass is 272 g/mol. The number of nitrogens with zero attached hydrogens (tertiary/aromatic N) is 3. The van der Waals surface area contributed by atoms with Crippen molar-refractivity contribution in [3.8, 4) is 0 Å². The molecule has 2 atom stereocenters. The SMILES string of the molecule is CO[C@@H]1C[C@@H](c2ncc[nH]2)N(CCc2ccccn2)C1. The van der Waals surface area contributed by atoms with Crippen LogP contribution in [0, 0.1) is 0 Å². The maximum atomic E-state index is 5.52. The van der Waals surface area contributed by atoms with Crippen LogP contribution in [-0.2, 0) is 11.2 Å². The number of ether oxygens (including phenoxy) is 1. The first-order chi connectivity index (χ1) is 9.86. The van der Waals surface area contributed by atoms with Crippen LogP contribution in [0.4, 0.5) is 0 Å². The average Bonchev–Trinajstić information content (AvgIpc) is 3.15. The number of aromatic nitrogens is 3. The predicted octanol–water partition coefficient (Wildman–Crippen LogP) is 1.81. The molecule has 1 aliphatic rings. The summed E-state index contributed by atoms with van der Waals surface area (Å²) in [6, 6.07) is 6.38. The minimum absolute atomic E-state index is 0.286. The zero-order chi connectivity index (χ0) is 13.8. The first-order valence-electron chi connectivity index (χ1n) is 7.03. The molecular weight excluding hydrogens is 252 g/mol. The van der Waals surface area contributed by atoms with E-state index in [1.54, 1.807) is 7.11 Å². The smallest absolute Gasteiger partial charge is 0.123 e. The molecule has 0 aliphatic carbocycles. The molecule has 1 N–H and O–H groups in total. The minimum atomic E-state index is 0.286. The van der Waals surface area contributed by atoms with E-state index in [4.69, 9.17) is 4.74 Å². The van der Waals surface area contributed by atoms with Crippen LogP contribution in [-0.4, -0.2) is 46.2 Å². The first kappa shape index (κ1) is 13.3. The third-order valence-electron chi connectivity index (χ3n) is 3.91. The Morgan fingerprint density at radius 1 is 1.35 bits per heavy atom. The van der Waals surface area contributed by atoms with Crippen molar-refractivity contribution >= 4 is 0 Å². The van der Waals surface area contributed by atoms with Gasteiger partial charge in [-0.3, -0.25) is 9.88 Å². The quantitative estimate of drug-likeness (QED) is 0.902. The summed E-state index contributed by atoms with van der Waals surface area (Å²) in [5, 5.41) is 0. The molecule has 20 heavy (non-hydrogen) atoms. The van der Waals surface area contributed by atoms with Gasteiger partial charge in [0.05, 0.1) is 12.1 Å². The molecule has 0 spiro atoms. The zero-order valence-corrected chi connectivity index (χ0v) is 11.7. The van der Waals surface area contributed by atoms with Gasteiger partial charge < -0.3 is 9.72 Å². The molecule has 5 heteroatoms. The van der Waals surface area contributed by atoms with Crippen LogP contribution in [0.25, 0.3) is 0 Å². The highest BCUT2D eigenvalue weighted by Crippen LogP contribution is 2.31. The van der Waals surface area contributed by atoms with Crippen molar-refractivity contribution in [2.45, 2.75) is 25.0 Å². The lowest BCUT2D eigenvalue weighted by atomic mass is 10.2. The highest BCUT2D eigenvalue weighted by Gasteiger charge is 2.34. The topological polar surface area (TPSA) is 54.0 Å². The number of nitrogens with one attached hydrogen (secondary N) is 1. The maximum Gasteiger partial charge on any atom is 0.123 e. The van der Waals surface area contributed by atoms with Crippen molar-refractivity contribution in [3.63, 3.8) is 0 Å². The number of likely N-dealkylation sites (tertiary alicyclic amines) is 1. The number of hydrogen-bond donors (Lipinski definition) is 1. The summed E-state index contributed by atoms with van der Waals surface area (Å²) < 4.78 is 5.52. The lowest BCUT2D eigenvalue weighted by Gasteiger charge is -2.22. The Morgan fingerprint density at radius 2 is 2.30 bits per heavy atom. The fourth-order valence-corrected chi connectivity index (χ4v) is 2.83. The molecule has 0 aromatic carbocycles. The molecule has 2 aromatic rings. The van der Waals surface area contributed by atoms with E-state index < -0.39 is 0 Å². The Morgan fingerprint density at radius 3 is 3.00 bits per heavy atom. The fourth-order valence-electron chi connectivity index (χ4n) is 2.83. The molecule has 1 saturated heterocycles. The Kier molecular flexibility index (Phi) is 4.08. The molecule has 0 saturated carbocycles. The highest BCUT2D eigenvalue weighted by atomic mass is 16.5. The van der Waals surface area contributed by atoms with E-state index in [-0.39, 0.29) is 6.10 Å². The van der Waals surface area contributed by atoms with E-state index in [0.29, 0.717) is 6.04 Å². The third-order valence-corrected chi connectivity index (χ3v) is 3.91. The molecule has 106 valence electrons. The van der Waals surface area contributed by atoms with Crippen LogP contribution in [0.1, 0.15) is 24.0 Å². The van der Waals surface area contributed by atoms with Gasteiger partial charge in [-0.2, -0.15) is 0 Å². The molecule has 0 unspecified atom stereocenters. The van der Waals surface area contributed by atoms with Crippen molar-refractivity contribution < 1.29 is 4.74 Å². The Labute approximate surface area is 119 Å². The summed E-state index contributed by atoms with van der Waals surface area (Å²) >= 11 is 0. The van der Waals surface area contributed by atoms with E-state index in [9.17, 15) is 0 Å². The Balaban J connectivity index is 1.66. The van der Waals surface area contributed by atoms with E-state index >= 15 is 0 Å². The minimum Gasteiger partial charge on any atom is -0.380 e. The van der Waals surface area contributed by atoms with E-state index in [0.717, 1.165) is 37.4 Å². The van der Waals surface area contributed by atoms with Crippen LogP contribution >= 0.6 is 0 Å². The van der Waals surface area contributed by atoms with Crippen molar-refractivity contribution in [2.75, 3.05) is 20.2 Å².